The number of carbonyl (C=O) groups excluding carboxylic acids is 1. The molecule has 0 aliphatic carbocycles. The Kier molecular flexibility index (Phi) is 6.42. The van der Waals surface area contributed by atoms with Crippen molar-refractivity contribution in [2.75, 3.05) is 20.3 Å². The van der Waals surface area contributed by atoms with Crippen LogP contribution in [0.4, 0.5) is 0 Å². The molecule has 2 aromatic carbocycles. The Bertz CT molecular complexity index is 914. The Balaban J connectivity index is 1.56. The molecule has 27 heavy (non-hydrogen) atoms. The summed E-state index contributed by atoms with van der Waals surface area (Å²) < 4.78 is 12.0. The highest BCUT2D eigenvalue weighted by Crippen LogP contribution is 2.31. The molecule has 4 nitrogen and oxygen atoms in total. The highest BCUT2D eigenvalue weighted by molar-refractivity contribution is 8.26. The topological polar surface area (TPSA) is 38.8 Å². The highest BCUT2D eigenvalue weighted by Gasteiger charge is 2.28. The van der Waals surface area contributed by atoms with Gasteiger partial charge in [-0.15, -0.1) is 0 Å². The molecule has 1 aliphatic rings. The highest BCUT2D eigenvalue weighted by atomic mass is 35.5. The minimum absolute atomic E-state index is 0.0806. The molecule has 7 heteroatoms. The number of carbonyl (C=O) groups is 1. The van der Waals surface area contributed by atoms with Crippen molar-refractivity contribution in [3.8, 4) is 11.5 Å². The van der Waals surface area contributed by atoms with Gasteiger partial charge in [-0.2, -0.15) is 0 Å². The number of rotatable bonds is 6. The second-order valence-electron chi connectivity index (χ2n) is 5.92. The minimum Gasteiger partial charge on any atom is -0.490 e. The van der Waals surface area contributed by atoms with Crippen molar-refractivity contribution in [3.63, 3.8) is 0 Å². The zero-order valence-corrected chi connectivity index (χ0v) is 17.3. The largest absolute Gasteiger partial charge is 0.490 e. The summed E-state index contributed by atoms with van der Waals surface area (Å²) in [5, 5.41) is 0.718. The second-order valence-corrected chi connectivity index (χ2v) is 8.00. The van der Waals surface area contributed by atoms with Gasteiger partial charge in [-0.1, -0.05) is 47.7 Å². The maximum absolute atomic E-state index is 12.1. The third-order valence-electron chi connectivity index (χ3n) is 3.89. The number of nitrogens with zero attached hydrogens (tertiary/aromatic N) is 1. The molecule has 3 rings (SSSR count). The molecule has 0 atom stereocenters. The van der Waals surface area contributed by atoms with E-state index in [2.05, 4.69) is 0 Å². The van der Waals surface area contributed by atoms with Gasteiger partial charge in [0.1, 0.15) is 29.0 Å². The number of hydrogen-bond acceptors (Lipinski definition) is 5. The molecular weight excluding hydrogens is 402 g/mol. The molecule has 1 amide bonds. The van der Waals surface area contributed by atoms with Crippen LogP contribution >= 0.6 is 35.6 Å². The van der Waals surface area contributed by atoms with E-state index < -0.39 is 0 Å². The molecule has 1 aliphatic heterocycles. The molecule has 2 aromatic rings. The van der Waals surface area contributed by atoms with Gasteiger partial charge in [0.05, 0.1) is 4.91 Å². The van der Waals surface area contributed by atoms with Crippen LogP contribution in [0.5, 0.6) is 11.5 Å². The van der Waals surface area contributed by atoms with Crippen LogP contribution in [-0.2, 0) is 4.79 Å². The zero-order chi connectivity index (χ0) is 19.4. The molecule has 0 unspecified atom stereocenters. The SMILES string of the molecule is Cc1cc(OCCOc2cccc(/C=C3\SC(=S)N(C)C3=O)c2)ccc1Cl. The fourth-order valence-corrected chi connectivity index (χ4v) is 3.71. The summed E-state index contributed by atoms with van der Waals surface area (Å²) in [6.45, 7) is 2.76. The van der Waals surface area contributed by atoms with Crippen LogP contribution in [-0.4, -0.2) is 35.4 Å². The Morgan fingerprint density at radius 1 is 1.15 bits per heavy atom. The number of hydrogen-bond donors (Lipinski definition) is 0. The van der Waals surface area contributed by atoms with Crippen molar-refractivity contribution >= 4 is 51.9 Å². The van der Waals surface area contributed by atoms with E-state index in [4.69, 9.17) is 33.3 Å². The fourth-order valence-electron chi connectivity index (χ4n) is 2.42. The van der Waals surface area contributed by atoms with Crippen LogP contribution in [0.1, 0.15) is 11.1 Å². The van der Waals surface area contributed by atoms with Crippen LogP contribution in [0.15, 0.2) is 47.4 Å². The minimum atomic E-state index is -0.0806. The molecule has 1 fully saturated rings. The molecule has 0 N–H and O–H groups in total. The second kappa shape index (κ2) is 8.78. The van der Waals surface area contributed by atoms with E-state index in [9.17, 15) is 4.79 Å². The van der Waals surface area contributed by atoms with Crippen molar-refractivity contribution in [1.82, 2.24) is 4.90 Å². The average Bonchev–Trinajstić information content (AvgIpc) is 2.89. The van der Waals surface area contributed by atoms with Crippen LogP contribution in [0, 0.1) is 6.92 Å². The van der Waals surface area contributed by atoms with E-state index in [1.807, 2.05) is 55.5 Å². The first-order valence-corrected chi connectivity index (χ1v) is 9.87. The number of thiocarbonyl (C=S) groups is 1. The van der Waals surface area contributed by atoms with Crippen molar-refractivity contribution < 1.29 is 14.3 Å². The lowest BCUT2D eigenvalue weighted by Gasteiger charge is -2.10. The molecule has 1 heterocycles. The third kappa shape index (κ3) is 5.03. The summed E-state index contributed by atoms with van der Waals surface area (Å²) in [5.41, 5.74) is 1.86. The molecular formula is C20H18ClNO3S2. The first-order chi connectivity index (χ1) is 12.9. The van der Waals surface area contributed by atoms with Gasteiger partial charge in [-0.25, -0.2) is 0 Å². The number of likely N-dealkylation sites (N-methyl/N-ethyl adjacent to an activating group) is 1. The fraction of sp³-hybridized carbons (Fsp3) is 0.200. The number of benzene rings is 2. The van der Waals surface area contributed by atoms with Crippen LogP contribution in [0.25, 0.3) is 6.08 Å². The van der Waals surface area contributed by atoms with Crippen molar-refractivity contribution in [1.29, 1.82) is 0 Å². The van der Waals surface area contributed by atoms with Crippen molar-refractivity contribution in [3.05, 3.63) is 63.5 Å². The summed E-state index contributed by atoms with van der Waals surface area (Å²) in [6.07, 6.45) is 1.82. The number of halogens is 1. The third-order valence-corrected chi connectivity index (χ3v) is 5.80. The van der Waals surface area contributed by atoms with Gasteiger partial charge in [0.15, 0.2) is 0 Å². The molecule has 1 saturated heterocycles. The molecule has 0 spiro atoms. The van der Waals surface area contributed by atoms with E-state index in [0.717, 1.165) is 21.9 Å². The normalized spacial score (nSPS) is 15.5. The first-order valence-electron chi connectivity index (χ1n) is 8.27. The lowest BCUT2D eigenvalue weighted by Crippen LogP contribution is -2.22. The van der Waals surface area contributed by atoms with Gasteiger partial charge in [0.2, 0.25) is 0 Å². The quantitative estimate of drug-likeness (QED) is 0.377. The standard InChI is InChI=1S/C20H18ClNO3S2/c1-13-10-16(6-7-17(13)21)25-9-8-24-15-5-3-4-14(11-15)12-18-19(23)22(2)20(26)27-18/h3-7,10-12H,8-9H2,1-2H3/b18-12-. The summed E-state index contributed by atoms with van der Waals surface area (Å²) in [6, 6.07) is 13.1. The van der Waals surface area contributed by atoms with Gasteiger partial charge < -0.3 is 9.47 Å². The van der Waals surface area contributed by atoms with Gasteiger partial charge in [0.25, 0.3) is 5.91 Å². The van der Waals surface area contributed by atoms with E-state index >= 15 is 0 Å². The monoisotopic (exact) mass is 419 g/mol. The van der Waals surface area contributed by atoms with E-state index in [-0.39, 0.29) is 5.91 Å². The van der Waals surface area contributed by atoms with Crippen LogP contribution < -0.4 is 9.47 Å². The lowest BCUT2D eigenvalue weighted by molar-refractivity contribution is -0.121. The smallest absolute Gasteiger partial charge is 0.265 e. The van der Waals surface area contributed by atoms with Crippen LogP contribution in [0.3, 0.4) is 0 Å². The van der Waals surface area contributed by atoms with Crippen LogP contribution in [0.2, 0.25) is 5.02 Å². The Morgan fingerprint density at radius 3 is 2.48 bits per heavy atom. The van der Waals surface area contributed by atoms with Gasteiger partial charge in [0, 0.05) is 12.1 Å². The number of aryl methyl sites for hydroxylation is 1. The lowest BCUT2D eigenvalue weighted by atomic mass is 10.2. The molecule has 0 bridgehead atoms. The first kappa shape index (κ1) is 19.7. The number of ether oxygens (including phenoxy) is 2. The Morgan fingerprint density at radius 2 is 1.85 bits per heavy atom. The van der Waals surface area contributed by atoms with Gasteiger partial charge in [-0.05, 0) is 54.5 Å². The summed E-state index contributed by atoms with van der Waals surface area (Å²) in [5.74, 6) is 1.39. The molecule has 140 valence electrons. The molecule has 0 saturated carbocycles. The summed E-state index contributed by atoms with van der Waals surface area (Å²) in [7, 11) is 1.68. The van der Waals surface area contributed by atoms with Crippen molar-refractivity contribution in [2.45, 2.75) is 6.92 Å². The maximum atomic E-state index is 12.1. The number of thioether (sulfide) groups is 1. The predicted molar refractivity (Wildman–Crippen MR) is 115 cm³/mol. The van der Waals surface area contributed by atoms with E-state index in [0.29, 0.717) is 28.2 Å². The summed E-state index contributed by atoms with van der Waals surface area (Å²) in [4.78, 5) is 14.2. The zero-order valence-electron chi connectivity index (χ0n) is 14.9. The summed E-state index contributed by atoms with van der Waals surface area (Å²) >= 11 is 12.5. The van der Waals surface area contributed by atoms with Gasteiger partial charge in [-0.3, -0.25) is 9.69 Å². The van der Waals surface area contributed by atoms with E-state index in [1.54, 1.807) is 7.05 Å². The van der Waals surface area contributed by atoms with Crippen molar-refractivity contribution in [2.24, 2.45) is 0 Å². The Labute approximate surface area is 173 Å². The van der Waals surface area contributed by atoms with E-state index in [1.165, 1.54) is 16.7 Å². The number of amides is 1. The molecule has 0 aromatic heterocycles. The Hall–Kier alpha value is -2.02. The predicted octanol–water partition coefficient (Wildman–Crippen LogP) is 4.94. The maximum Gasteiger partial charge on any atom is 0.265 e. The average molecular weight is 420 g/mol. The molecule has 0 radical (unpaired) electrons. The van der Waals surface area contributed by atoms with Gasteiger partial charge >= 0.3 is 0 Å².